The number of aryl methyl sites for hydroxylation is 1. The van der Waals surface area contributed by atoms with Gasteiger partial charge in [0.1, 0.15) is 0 Å². The molecule has 0 radical (unpaired) electrons. The molecule has 7 heteroatoms. The normalized spacial score (nSPS) is 19.9. The summed E-state index contributed by atoms with van der Waals surface area (Å²) in [6.45, 7) is 2.54. The first kappa shape index (κ1) is 17.2. The van der Waals surface area contributed by atoms with Gasteiger partial charge in [-0.3, -0.25) is 9.48 Å². The summed E-state index contributed by atoms with van der Waals surface area (Å²) < 4.78 is 1.77. The van der Waals surface area contributed by atoms with E-state index in [0.717, 1.165) is 24.9 Å². The Bertz CT molecular complexity index is 394. The second kappa shape index (κ2) is 6.97. The molecule has 1 aliphatic heterocycles. The first-order chi connectivity index (χ1) is 7.59. The van der Waals surface area contributed by atoms with E-state index in [1.54, 1.807) is 11.6 Å². The maximum Gasteiger partial charge on any atom is 0.239 e. The third-order valence-electron chi connectivity index (χ3n) is 3.04. The van der Waals surface area contributed by atoms with Crippen LogP contribution in [0.1, 0.15) is 31.4 Å². The highest BCUT2D eigenvalue weighted by Gasteiger charge is 2.31. The van der Waals surface area contributed by atoms with Crippen LogP contribution in [0.25, 0.3) is 0 Å². The van der Waals surface area contributed by atoms with Crippen LogP contribution in [0.4, 0.5) is 0 Å². The molecule has 0 bridgehead atoms. The monoisotopic (exact) mass is 294 g/mol. The fraction of sp³-hybridized carbons (Fsp3) is 0.636. The van der Waals surface area contributed by atoms with Crippen LogP contribution in [0.5, 0.6) is 0 Å². The molecule has 1 unspecified atom stereocenters. The lowest BCUT2D eigenvalue weighted by molar-refractivity contribution is -0.133. The van der Waals surface area contributed by atoms with E-state index in [-0.39, 0.29) is 36.8 Å². The lowest BCUT2D eigenvalue weighted by Gasteiger charge is -2.25. The molecule has 0 aliphatic carbocycles. The van der Waals surface area contributed by atoms with Gasteiger partial charge in [-0.1, -0.05) is 0 Å². The molecule has 18 heavy (non-hydrogen) atoms. The molecule has 1 fully saturated rings. The number of nitrogens with two attached hydrogens (primary N) is 1. The third kappa shape index (κ3) is 3.37. The summed E-state index contributed by atoms with van der Waals surface area (Å²) in [5.74, 6) is 0.0337. The van der Waals surface area contributed by atoms with Crippen molar-refractivity contribution in [3.63, 3.8) is 0 Å². The van der Waals surface area contributed by atoms with Crippen LogP contribution in [0, 0.1) is 0 Å². The molecule has 1 amide bonds. The first-order valence-electron chi connectivity index (χ1n) is 5.64. The quantitative estimate of drug-likeness (QED) is 0.893. The van der Waals surface area contributed by atoms with E-state index in [2.05, 4.69) is 5.10 Å². The van der Waals surface area contributed by atoms with Crippen LogP contribution in [-0.4, -0.2) is 33.2 Å². The maximum atomic E-state index is 11.9. The van der Waals surface area contributed by atoms with E-state index in [4.69, 9.17) is 5.73 Å². The Balaban J connectivity index is 0.00000144. The molecular weight excluding hydrogens is 275 g/mol. The van der Waals surface area contributed by atoms with E-state index >= 15 is 0 Å². The van der Waals surface area contributed by atoms with Crippen molar-refractivity contribution in [3.05, 3.63) is 18.0 Å². The summed E-state index contributed by atoms with van der Waals surface area (Å²) in [5, 5.41) is 4.15. The number of amides is 1. The molecule has 0 spiro atoms. The van der Waals surface area contributed by atoms with Crippen molar-refractivity contribution in [1.29, 1.82) is 0 Å². The standard InChI is InChI=1S/C11H18N4O.2ClH/c1-8(12)11(16)15-5-3-4-10(15)9-6-13-14(2)7-9;;/h6-8,10H,3-5,12H2,1-2H3;2*1H/t8-,10?;;/m0../s1. The van der Waals surface area contributed by atoms with E-state index in [1.165, 1.54) is 0 Å². The number of halogens is 2. The summed E-state index contributed by atoms with van der Waals surface area (Å²) in [6.07, 6.45) is 5.84. The topological polar surface area (TPSA) is 64.2 Å². The van der Waals surface area contributed by atoms with Crippen LogP contribution in [0.3, 0.4) is 0 Å². The summed E-state index contributed by atoms with van der Waals surface area (Å²) in [5.41, 5.74) is 6.75. The Kier molecular flexibility index (Phi) is 6.67. The van der Waals surface area contributed by atoms with E-state index in [0.29, 0.717) is 0 Å². The number of likely N-dealkylation sites (tertiary alicyclic amines) is 1. The number of carbonyl (C=O) groups is 1. The van der Waals surface area contributed by atoms with Crippen molar-refractivity contribution in [3.8, 4) is 0 Å². The van der Waals surface area contributed by atoms with Gasteiger partial charge in [-0.05, 0) is 19.8 Å². The minimum Gasteiger partial charge on any atom is -0.334 e. The zero-order valence-corrected chi connectivity index (χ0v) is 12.2. The van der Waals surface area contributed by atoms with Crippen molar-refractivity contribution < 1.29 is 4.79 Å². The van der Waals surface area contributed by atoms with Gasteiger partial charge in [0.25, 0.3) is 0 Å². The average Bonchev–Trinajstić information content (AvgIpc) is 2.83. The van der Waals surface area contributed by atoms with Gasteiger partial charge in [0.05, 0.1) is 18.3 Å². The zero-order valence-electron chi connectivity index (χ0n) is 10.6. The minimum absolute atomic E-state index is 0. The number of nitrogens with zero attached hydrogens (tertiary/aromatic N) is 3. The fourth-order valence-electron chi connectivity index (χ4n) is 2.25. The molecule has 104 valence electrons. The second-order valence-corrected chi connectivity index (χ2v) is 4.43. The van der Waals surface area contributed by atoms with Gasteiger partial charge >= 0.3 is 0 Å². The Morgan fingerprint density at radius 3 is 2.72 bits per heavy atom. The first-order valence-corrected chi connectivity index (χ1v) is 5.64. The zero-order chi connectivity index (χ0) is 11.7. The highest BCUT2D eigenvalue weighted by molar-refractivity contribution is 5.85. The van der Waals surface area contributed by atoms with E-state index < -0.39 is 6.04 Å². The Hall–Kier alpha value is -0.780. The van der Waals surface area contributed by atoms with Gasteiger partial charge in [-0.2, -0.15) is 5.10 Å². The highest BCUT2D eigenvalue weighted by atomic mass is 35.5. The highest BCUT2D eigenvalue weighted by Crippen LogP contribution is 2.31. The largest absolute Gasteiger partial charge is 0.334 e. The minimum atomic E-state index is -0.419. The molecule has 0 aromatic carbocycles. The number of carbonyl (C=O) groups excluding carboxylic acids is 1. The molecule has 0 saturated carbocycles. The Morgan fingerprint density at radius 1 is 1.56 bits per heavy atom. The predicted molar refractivity (Wildman–Crippen MR) is 75.0 cm³/mol. The lowest BCUT2D eigenvalue weighted by atomic mass is 10.1. The van der Waals surface area contributed by atoms with Crippen LogP contribution in [-0.2, 0) is 11.8 Å². The average molecular weight is 295 g/mol. The summed E-state index contributed by atoms with van der Waals surface area (Å²) in [7, 11) is 1.89. The molecule has 2 rings (SSSR count). The number of rotatable bonds is 2. The van der Waals surface area contributed by atoms with E-state index in [9.17, 15) is 4.79 Å². The molecular formula is C11H20Cl2N4O. The molecule has 5 nitrogen and oxygen atoms in total. The van der Waals surface area contributed by atoms with Gasteiger partial charge in [-0.25, -0.2) is 0 Å². The predicted octanol–water partition coefficient (Wildman–Crippen LogP) is 1.27. The Morgan fingerprint density at radius 2 is 2.22 bits per heavy atom. The Labute approximate surface area is 120 Å². The van der Waals surface area contributed by atoms with Gasteiger partial charge in [-0.15, -0.1) is 24.8 Å². The third-order valence-corrected chi connectivity index (χ3v) is 3.04. The number of aromatic nitrogens is 2. The van der Waals surface area contributed by atoms with Crippen molar-refractivity contribution in [2.45, 2.75) is 31.8 Å². The molecule has 2 atom stereocenters. The molecule has 1 saturated heterocycles. The molecule has 1 aromatic rings. The van der Waals surface area contributed by atoms with Crippen LogP contribution in [0.2, 0.25) is 0 Å². The number of hydrogen-bond donors (Lipinski definition) is 1. The smallest absolute Gasteiger partial charge is 0.239 e. The fourth-order valence-corrected chi connectivity index (χ4v) is 2.25. The molecule has 1 aliphatic rings. The summed E-state index contributed by atoms with van der Waals surface area (Å²) >= 11 is 0. The van der Waals surface area contributed by atoms with Crippen molar-refractivity contribution in [2.75, 3.05) is 6.54 Å². The van der Waals surface area contributed by atoms with Gasteiger partial charge in [0.15, 0.2) is 0 Å². The van der Waals surface area contributed by atoms with E-state index in [1.807, 2.05) is 24.3 Å². The van der Waals surface area contributed by atoms with Crippen LogP contribution >= 0.6 is 24.8 Å². The molecule has 2 heterocycles. The number of hydrogen-bond acceptors (Lipinski definition) is 3. The van der Waals surface area contributed by atoms with Gasteiger partial charge < -0.3 is 10.6 Å². The van der Waals surface area contributed by atoms with Gasteiger partial charge in [0, 0.05) is 25.4 Å². The van der Waals surface area contributed by atoms with Gasteiger partial charge in [0.2, 0.25) is 5.91 Å². The SMILES string of the molecule is C[C@H](N)C(=O)N1CCCC1c1cnn(C)c1.Cl.Cl. The van der Waals surface area contributed by atoms with Crippen molar-refractivity contribution in [1.82, 2.24) is 14.7 Å². The van der Waals surface area contributed by atoms with Crippen LogP contribution < -0.4 is 5.73 Å². The van der Waals surface area contributed by atoms with Crippen LogP contribution in [0.15, 0.2) is 12.4 Å². The molecule has 2 N–H and O–H groups in total. The lowest BCUT2D eigenvalue weighted by Crippen LogP contribution is -2.41. The van der Waals surface area contributed by atoms with Crippen molar-refractivity contribution in [2.24, 2.45) is 12.8 Å². The maximum absolute atomic E-state index is 11.9. The summed E-state index contributed by atoms with van der Waals surface area (Å²) in [6, 6.07) is -0.260. The molecule has 1 aromatic heterocycles. The van der Waals surface area contributed by atoms with Crippen molar-refractivity contribution >= 4 is 30.7 Å². The second-order valence-electron chi connectivity index (χ2n) is 4.43. The summed E-state index contributed by atoms with van der Waals surface area (Å²) in [4.78, 5) is 13.8.